The maximum Gasteiger partial charge on any atom is 0.163 e. The van der Waals surface area contributed by atoms with Crippen molar-refractivity contribution >= 4 is 17.3 Å². The summed E-state index contributed by atoms with van der Waals surface area (Å²) in [6, 6.07) is 0.518. The van der Waals surface area contributed by atoms with E-state index in [-0.39, 0.29) is 0 Å². The zero-order chi connectivity index (χ0) is 10.5. The molecule has 3 heteroatoms. The molecule has 3 saturated carbocycles. The van der Waals surface area contributed by atoms with Crippen LogP contribution >= 0.6 is 12.2 Å². The van der Waals surface area contributed by atoms with Crippen LogP contribution in [0.15, 0.2) is 0 Å². The number of thiocarbonyl (C=S) groups is 1. The number of hydrogen-bond donors (Lipinski definition) is 2. The van der Waals surface area contributed by atoms with Crippen LogP contribution in [-0.2, 0) is 0 Å². The fourth-order valence-electron chi connectivity index (χ4n) is 3.52. The van der Waals surface area contributed by atoms with E-state index in [0.717, 1.165) is 11.8 Å². The molecule has 3 aliphatic rings. The Morgan fingerprint density at radius 1 is 1.43 bits per heavy atom. The first-order valence-electron chi connectivity index (χ1n) is 5.49. The minimum Gasteiger partial charge on any atom is -0.376 e. The van der Waals surface area contributed by atoms with Crippen LogP contribution in [0.3, 0.4) is 0 Å². The van der Waals surface area contributed by atoms with Crippen LogP contribution in [0.25, 0.3) is 0 Å². The van der Waals surface area contributed by atoms with Gasteiger partial charge in [0.2, 0.25) is 0 Å². The lowest BCUT2D eigenvalue weighted by molar-refractivity contribution is -0.112. The minimum absolute atomic E-state index is 0.459. The highest BCUT2D eigenvalue weighted by atomic mass is 32.1. The first-order valence-corrected chi connectivity index (χ1v) is 5.89. The quantitative estimate of drug-likeness (QED) is 0.652. The largest absolute Gasteiger partial charge is 0.376 e. The molecule has 0 heterocycles. The Balaban J connectivity index is 2.04. The molecular weight excluding hydrogens is 192 g/mol. The Bertz CT molecular complexity index is 262. The van der Waals surface area contributed by atoms with Crippen molar-refractivity contribution in [3.63, 3.8) is 0 Å². The van der Waals surface area contributed by atoms with Crippen LogP contribution in [0.5, 0.6) is 0 Å². The second-order valence-corrected chi connectivity index (χ2v) is 6.01. The molecule has 0 aromatic heterocycles. The van der Waals surface area contributed by atoms with Gasteiger partial charge in [-0.2, -0.15) is 0 Å². The highest BCUT2D eigenvalue weighted by Crippen LogP contribution is 2.61. The number of nitrogens with two attached hydrogens (primary N) is 1. The molecule has 3 fully saturated rings. The summed E-state index contributed by atoms with van der Waals surface area (Å²) >= 11 is 4.91. The van der Waals surface area contributed by atoms with Crippen LogP contribution in [0, 0.1) is 23.2 Å². The summed E-state index contributed by atoms with van der Waals surface area (Å²) in [4.78, 5) is 0. The molecule has 3 N–H and O–H groups in total. The molecule has 0 aromatic rings. The topological polar surface area (TPSA) is 38.0 Å². The first-order chi connectivity index (χ1) is 6.43. The van der Waals surface area contributed by atoms with Gasteiger partial charge in [0.05, 0.1) is 0 Å². The van der Waals surface area contributed by atoms with Gasteiger partial charge in [0.1, 0.15) is 0 Å². The van der Waals surface area contributed by atoms with Crippen molar-refractivity contribution in [3.05, 3.63) is 0 Å². The summed E-state index contributed by atoms with van der Waals surface area (Å²) < 4.78 is 0. The van der Waals surface area contributed by atoms with Gasteiger partial charge in [0, 0.05) is 6.04 Å². The van der Waals surface area contributed by atoms with Crippen LogP contribution in [0.1, 0.15) is 33.6 Å². The molecule has 0 saturated heterocycles. The highest BCUT2D eigenvalue weighted by Gasteiger charge is 2.56. The van der Waals surface area contributed by atoms with Gasteiger partial charge < -0.3 is 11.1 Å². The first kappa shape index (κ1) is 10.2. The summed E-state index contributed by atoms with van der Waals surface area (Å²) in [7, 11) is 0. The predicted octanol–water partition coefficient (Wildman–Crippen LogP) is 1.89. The van der Waals surface area contributed by atoms with Crippen molar-refractivity contribution in [2.24, 2.45) is 28.9 Å². The fraction of sp³-hybridized carbons (Fsp3) is 0.909. The van der Waals surface area contributed by atoms with E-state index >= 15 is 0 Å². The lowest BCUT2D eigenvalue weighted by Crippen LogP contribution is -2.61. The molecule has 0 spiro atoms. The summed E-state index contributed by atoms with van der Waals surface area (Å²) in [5.74, 6) is 2.43. The molecule has 80 valence electrons. The van der Waals surface area contributed by atoms with E-state index < -0.39 is 0 Å². The van der Waals surface area contributed by atoms with Gasteiger partial charge >= 0.3 is 0 Å². The molecule has 0 aromatic carbocycles. The zero-order valence-corrected chi connectivity index (χ0v) is 10.0. The van der Waals surface area contributed by atoms with E-state index in [9.17, 15) is 0 Å². The molecule has 0 aliphatic heterocycles. The lowest BCUT2D eigenvalue weighted by Gasteiger charge is -2.62. The van der Waals surface area contributed by atoms with Crippen LogP contribution in [0.4, 0.5) is 0 Å². The standard InChI is InChI=1S/C11H20N2S/c1-6-8-4-7(11(8,2)3)5-9(6)13-10(12)14/h6-9H,4-5H2,1-3H3,(H3,12,13,14)/t6-,7+,8+,9+/m0/s1. The third-order valence-electron chi connectivity index (χ3n) is 4.68. The molecule has 0 unspecified atom stereocenters. The average Bonchev–Trinajstić information content (AvgIpc) is 2.06. The van der Waals surface area contributed by atoms with Gasteiger partial charge in [0.15, 0.2) is 5.11 Å². The zero-order valence-electron chi connectivity index (χ0n) is 9.21. The summed E-state index contributed by atoms with van der Waals surface area (Å²) in [5.41, 5.74) is 6.08. The van der Waals surface area contributed by atoms with Gasteiger partial charge in [-0.15, -0.1) is 0 Å². The predicted molar refractivity (Wildman–Crippen MR) is 62.9 cm³/mol. The van der Waals surface area contributed by atoms with Crippen molar-refractivity contribution in [1.82, 2.24) is 5.32 Å². The summed E-state index contributed by atoms with van der Waals surface area (Å²) in [6.07, 6.45) is 2.64. The highest BCUT2D eigenvalue weighted by molar-refractivity contribution is 7.80. The molecule has 3 aliphatic carbocycles. The van der Waals surface area contributed by atoms with Crippen molar-refractivity contribution in [3.8, 4) is 0 Å². The Morgan fingerprint density at radius 2 is 2.07 bits per heavy atom. The van der Waals surface area contributed by atoms with E-state index in [1.807, 2.05) is 0 Å². The second-order valence-electron chi connectivity index (χ2n) is 5.57. The minimum atomic E-state index is 0.459. The molecule has 0 radical (unpaired) electrons. The van der Waals surface area contributed by atoms with Gasteiger partial charge in [-0.1, -0.05) is 20.8 Å². The molecule has 2 bridgehead atoms. The Labute approximate surface area is 91.6 Å². The number of nitrogens with one attached hydrogen (secondary N) is 1. The molecule has 4 atom stereocenters. The van der Waals surface area contributed by atoms with E-state index in [2.05, 4.69) is 26.1 Å². The third-order valence-corrected chi connectivity index (χ3v) is 4.80. The number of fused-ring (bicyclic) bond motifs is 2. The molecule has 3 rings (SSSR count). The molecule has 2 nitrogen and oxygen atoms in total. The molecular formula is C11H20N2S. The van der Waals surface area contributed by atoms with E-state index in [0.29, 0.717) is 22.5 Å². The fourth-order valence-corrected chi connectivity index (χ4v) is 3.67. The SMILES string of the molecule is C[C@H]1[C@H]2C[C@H](C[C@H]1NC(N)=S)C2(C)C. The van der Waals surface area contributed by atoms with Crippen LogP contribution < -0.4 is 11.1 Å². The lowest BCUT2D eigenvalue weighted by atomic mass is 9.45. The Morgan fingerprint density at radius 3 is 2.50 bits per heavy atom. The normalized spacial score (nSPS) is 43.9. The second kappa shape index (κ2) is 3.09. The van der Waals surface area contributed by atoms with Gasteiger partial charge in [-0.25, -0.2) is 0 Å². The maximum atomic E-state index is 5.53. The van der Waals surface area contributed by atoms with Gasteiger partial charge in [-0.05, 0) is 48.2 Å². The van der Waals surface area contributed by atoms with Crippen LogP contribution in [0.2, 0.25) is 0 Å². The molecule has 0 amide bonds. The Hall–Kier alpha value is -0.310. The smallest absolute Gasteiger partial charge is 0.163 e. The monoisotopic (exact) mass is 212 g/mol. The van der Waals surface area contributed by atoms with E-state index in [1.54, 1.807) is 0 Å². The number of hydrogen-bond acceptors (Lipinski definition) is 1. The van der Waals surface area contributed by atoms with E-state index in [4.69, 9.17) is 18.0 Å². The van der Waals surface area contributed by atoms with Gasteiger partial charge in [0.25, 0.3) is 0 Å². The van der Waals surface area contributed by atoms with Gasteiger partial charge in [-0.3, -0.25) is 0 Å². The Kier molecular flexibility index (Phi) is 2.25. The van der Waals surface area contributed by atoms with Crippen molar-refractivity contribution in [2.75, 3.05) is 0 Å². The van der Waals surface area contributed by atoms with Crippen molar-refractivity contribution < 1.29 is 0 Å². The molecule has 14 heavy (non-hydrogen) atoms. The van der Waals surface area contributed by atoms with E-state index in [1.165, 1.54) is 12.8 Å². The van der Waals surface area contributed by atoms with Crippen LogP contribution in [-0.4, -0.2) is 11.2 Å². The maximum absolute atomic E-state index is 5.53. The van der Waals surface area contributed by atoms with Crippen molar-refractivity contribution in [1.29, 1.82) is 0 Å². The summed E-state index contributed by atoms with van der Waals surface area (Å²) in [6.45, 7) is 7.14. The van der Waals surface area contributed by atoms with Crippen molar-refractivity contribution in [2.45, 2.75) is 39.7 Å². The average molecular weight is 212 g/mol. The number of rotatable bonds is 1. The third kappa shape index (κ3) is 1.33. The summed E-state index contributed by atoms with van der Waals surface area (Å²) in [5, 5.41) is 3.70.